The number of alkyl halides is 3. The molecule has 5 aromatic rings. The van der Waals surface area contributed by atoms with Crippen molar-refractivity contribution in [1.29, 1.82) is 0 Å². The maximum absolute atomic E-state index is 13.3. The summed E-state index contributed by atoms with van der Waals surface area (Å²) in [4.78, 5) is 7.39. The number of pyridine rings is 1. The Balaban J connectivity index is 1.28. The molecule has 0 aliphatic rings. The van der Waals surface area contributed by atoms with Crippen molar-refractivity contribution in [2.45, 2.75) is 12.7 Å². The van der Waals surface area contributed by atoms with E-state index in [1.165, 1.54) is 18.7 Å². The molecule has 35 heavy (non-hydrogen) atoms. The van der Waals surface area contributed by atoms with Gasteiger partial charge in [-0.1, -0.05) is 23.4 Å². The zero-order valence-electron chi connectivity index (χ0n) is 18.0. The van der Waals surface area contributed by atoms with Crippen molar-refractivity contribution >= 4 is 5.69 Å². The van der Waals surface area contributed by atoms with Gasteiger partial charge in [-0.3, -0.25) is 0 Å². The average Bonchev–Trinajstić information content (AvgIpc) is 3.56. The molecule has 0 saturated heterocycles. The predicted molar refractivity (Wildman–Crippen MR) is 119 cm³/mol. The third-order valence-electron chi connectivity index (χ3n) is 4.85. The Morgan fingerprint density at radius 2 is 1.69 bits per heavy atom. The second-order valence-corrected chi connectivity index (χ2v) is 7.35. The number of aromatic nitrogens is 7. The van der Waals surface area contributed by atoms with E-state index in [-0.39, 0.29) is 18.1 Å². The number of halogens is 3. The lowest BCUT2D eigenvalue weighted by Gasteiger charge is -2.12. The quantitative estimate of drug-likeness (QED) is 0.363. The third kappa shape index (κ3) is 5.27. The largest absolute Gasteiger partial charge is 0.457 e. The minimum absolute atomic E-state index is 0.0127. The predicted octanol–water partition coefficient (Wildman–Crippen LogP) is 4.67. The molecular formula is C23H17F3N8O. The standard InChI is InChI=1S/C23H17F3N8O/c24-23(25,26)21-10-16(11-22(30-21)34-15-27-14-29-34)28-12-17-13-33(32-31-17)18-6-8-20(9-7-18)35-19-4-2-1-3-5-19/h1-11,13-15H,12H2,(H,28,30). The molecule has 3 aromatic heterocycles. The highest BCUT2D eigenvalue weighted by molar-refractivity contribution is 5.50. The summed E-state index contributed by atoms with van der Waals surface area (Å²) in [5.41, 5.74) is 0.437. The number of nitrogens with zero attached hydrogens (tertiary/aromatic N) is 7. The lowest BCUT2D eigenvalue weighted by atomic mass is 10.3. The second kappa shape index (κ2) is 9.25. The molecule has 5 rings (SSSR count). The SMILES string of the molecule is FC(F)(F)c1cc(NCc2cn(-c3ccc(Oc4ccccc4)cc3)nn2)cc(-n2cncn2)n1. The zero-order chi connectivity index (χ0) is 24.3. The van der Waals surface area contributed by atoms with Crippen molar-refractivity contribution in [1.82, 2.24) is 34.7 Å². The van der Waals surface area contributed by atoms with Crippen LogP contribution in [0.15, 0.2) is 85.6 Å². The molecule has 1 N–H and O–H groups in total. The highest BCUT2D eigenvalue weighted by Gasteiger charge is 2.33. The van der Waals surface area contributed by atoms with Crippen molar-refractivity contribution in [2.75, 3.05) is 5.32 Å². The van der Waals surface area contributed by atoms with Gasteiger partial charge in [-0.2, -0.15) is 18.3 Å². The third-order valence-corrected chi connectivity index (χ3v) is 4.85. The average molecular weight is 478 g/mol. The van der Waals surface area contributed by atoms with E-state index in [0.29, 0.717) is 11.4 Å². The molecule has 3 heterocycles. The van der Waals surface area contributed by atoms with Gasteiger partial charge >= 0.3 is 6.18 Å². The zero-order valence-corrected chi connectivity index (χ0v) is 18.0. The summed E-state index contributed by atoms with van der Waals surface area (Å²) in [6, 6.07) is 19.1. The minimum Gasteiger partial charge on any atom is -0.457 e. The monoisotopic (exact) mass is 478 g/mol. The Morgan fingerprint density at radius 1 is 0.914 bits per heavy atom. The van der Waals surface area contributed by atoms with Crippen molar-refractivity contribution in [3.8, 4) is 23.0 Å². The number of hydrogen-bond acceptors (Lipinski definition) is 7. The summed E-state index contributed by atoms with van der Waals surface area (Å²) in [6.45, 7) is 0.146. The Hall–Kier alpha value is -4.74. The Kier molecular flexibility index (Phi) is 5.83. The first kappa shape index (κ1) is 22.1. The van der Waals surface area contributed by atoms with Crippen LogP contribution in [0.1, 0.15) is 11.4 Å². The molecule has 0 aliphatic heterocycles. The van der Waals surface area contributed by atoms with Gasteiger partial charge in [0.25, 0.3) is 0 Å². The van der Waals surface area contributed by atoms with E-state index in [1.807, 2.05) is 54.6 Å². The molecule has 0 fully saturated rings. The molecule has 0 saturated carbocycles. The van der Waals surface area contributed by atoms with Crippen LogP contribution in [0.25, 0.3) is 11.5 Å². The molecule has 0 aliphatic carbocycles. The lowest BCUT2D eigenvalue weighted by Crippen LogP contribution is -2.12. The number of nitrogens with one attached hydrogen (secondary N) is 1. The highest BCUT2D eigenvalue weighted by Crippen LogP contribution is 2.30. The van der Waals surface area contributed by atoms with Gasteiger partial charge in [-0.05, 0) is 42.5 Å². The summed E-state index contributed by atoms with van der Waals surface area (Å²) in [6.07, 6.45) is -0.446. The van der Waals surface area contributed by atoms with Gasteiger partial charge < -0.3 is 10.1 Å². The molecule has 12 heteroatoms. The molecule has 9 nitrogen and oxygen atoms in total. The maximum atomic E-state index is 13.3. The first-order valence-corrected chi connectivity index (χ1v) is 10.4. The summed E-state index contributed by atoms with van der Waals surface area (Å²) in [5.74, 6) is 1.38. The topological polar surface area (TPSA) is 95.6 Å². The van der Waals surface area contributed by atoms with Crippen molar-refractivity contribution in [3.05, 3.63) is 97.0 Å². The van der Waals surface area contributed by atoms with Crippen molar-refractivity contribution in [2.24, 2.45) is 0 Å². The van der Waals surface area contributed by atoms with Gasteiger partial charge in [0.15, 0.2) is 5.82 Å². The summed E-state index contributed by atoms with van der Waals surface area (Å²) in [5, 5.41) is 15.0. The summed E-state index contributed by atoms with van der Waals surface area (Å²) in [7, 11) is 0. The van der Waals surface area contributed by atoms with E-state index in [0.717, 1.165) is 22.2 Å². The lowest BCUT2D eigenvalue weighted by molar-refractivity contribution is -0.141. The molecule has 0 atom stereocenters. The number of benzene rings is 2. The molecule has 0 unspecified atom stereocenters. The van der Waals surface area contributed by atoms with Crippen molar-refractivity contribution < 1.29 is 17.9 Å². The van der Waals surface area contributed by atoms with Gasteiger partial charge in [0.2, 0.25) is 0 Å². The highest BCUT2D eigenvalue weighted by atomic mass is 19.4. The van der Waals surface area contributed by atoms with Crippen molar-refractivity contribution in [3.63, 3.8) is 0 Å². The van der Waals surface area contributed by atoms with E-state index >= 15 is 0 Å². The van der Waals surface area contributed by atoms with E-state index in [9.17, 15) is 13.2 Å². The molecule has 176 valence electrons. The van der Waals surface area contributed by atoms with Crippen LogP contribution in [0, 0.1) is 0 Å². The number of rotatable bonds is 7. The number of para-hydroxylation sites is 1. The smallest absolute Gasteiger partial charge is 0.433 e. The van der Waals surface area contributed by atoms with E-state index in [4.69, 9.17) is 4.74 Å². The molecule has 0 spiro atoms. The maximum Gasteiger partial charge on any atom is 0.433 e. The molecule has 0 amide bonds. The Bertz CT molecular complexity index is 1400. The fourth-order valence-corrected chi connectivity index (χ4v) is 3.20. The van der Waals surface area contributed by atoms with Gasteiger partial charge in [0.1, 0.15) is 35.5 Å². The fraction of sp³-hybridized carbons (Fsp3) is 0.0870. The van der Waals surface area contributed by atoms with Crippen LogP contribution in [0.5, 0.6) is 11.5 Å². The summed E-state index contributed by atoms with van der Waals surface area (Å²) >= 11 is 0. The van der Waals surface area contributed by atoms with Crippen LogP contribution in [0.3, 0.4) is 0 Å². The second-order valence-electron chi connectivity index (χ2n) is 7.35. The molecule has 0 radical (unpaired) electrons. The van der Waals surface area contributed by atoms with Crippen LogP contribution < -0.4 is 10.1 Å². The van der Waals surface area contributed by atoms with Gasteiger partial charge in [0.05, 0.1) is 18.4 Å². The van der Waals surface area contributed by atoms with Crippen LogP contribution in [0.2, 0.25) is 0 Å². The van der Waals surface area contributed by atoms with E-state index < -0.39 is 11.9 Å². The minimum atomic E-state index is -4.62. The molecule has 2 aromatic carbocycles. The van der Waals surface area contributed by atoms with Crippen LogP contribution >= 0.6 is 0 Å². The Labute approximate surface area is 196 Å². The number of hydrogen-bond donors (Lipinski definition) is 1. The number of anilines is 1. The first-order valence-electron chi connectivity index (χ1n) is 10.4. The summed E-state index contributed by atoms with van der Waals surface area (Å²) < 4.78 is 48.5. The van der Waals surface area contributed by atoms with Gasteiger partial charge in [-0.25, -0.2) is 19.3 Å². The number of ether oxygens (including phenoxy) is 1. The van der Waals surface area contributed by atoms with Gasteiger partial charge in [0, 0.05) is 11.8 Å². The molecule has 0 bridgehead atoms. The van der Waals surface area contributed by atoms with E-state index in [1.54, 1.807) is 10.9 Å². The van der Waals surface area contributed by atoms with Gasteiger partial charge in [-0.15, -0.1) is 5.10 Å². The first-order chi connectivity index (χ1) is 16.9. The fourth-order valence-electron chi connectivity index (χ4n) is 3.20. The Morgan fingerprint density at radius 3 is 2.40 bits per heavy atom. The van der Waals surface area contributed by atoms with Crippen LogP contribution in [0.4, 0.5) is 18.9 Å². The van der Waals surface area contributed by atoms with Crippen LogP contribution in [-0.4, -0.2) is 34.7 Å². The van der Waals surface area contributed by atoms with E-state index in [2.05, 4.69) is 30.7 Å². The van der Waals surface area contributed by atoms with Crippen LogP contribution in [-0.2, 0) is 12.7 Å². The normalized spacial score (nSPS) is 11.4. The molecular weight excluding hydrogens is 461 g/mol.